The first kappa shape index (κ1) is 21.6. The van der Waals surface area contributed by atoms with E-state index in [-0.39, 0.29) is 0 Å². The molecule has 0 radical (unpaired) electrons. The Kier molecular flexibility index (Phi) is 10.4. The van der Waals surface area contributed by atoms with Gasteiger partial charge in [0.1, 0.15) is 0 Å². The number of unbranched alkanes of at least 4 members (excludes halogenated alkanes) is 2. The number of aromatic nitrogens is 2. The summed E-state index contributed by atoms with van der Waals surface area (Å²) in [4.78, 5) is 8.88. The fourth-order valence-corrected chi connectivity index (χ4v) is 2.76. The Morgan fingerprint density at radius 1 is 1.04 bits per heavy atom. The molecule has 2 aromatic rings. The van der Waals surface area contributed by atoms with Gasteiger partial charge in [-0.25, -0.2) is 0 Å². The van der Waals surface area contributed by atoms with Crippen LogP contribution in [-0.4, -0.2) is 30.1 Å². The van der Waals surface area contributed by atoms with Crippen molar-refractivity contribution in [3.63, 3.8) is 0 Å². The number of nitrogens with one attached hydrogen (secondary N) is 2. The molecule has 0 unspecified atom stereocenters. The van der Waals surface area contributed by atoms with Gasteiger partial charge in [-0.15, -0.1) is 0 Å². The van der Waals surface area contributed by atoms with E-state index in [0.29, 0.717) is 0 Å². The number of nitrogens with zero attached hydrogens (tertiary/aromatic N) is 2. The second-order valence-corrected chi connectivity index (χ2v) is 6.69. The summed E-state index contributed by atoms with van der Waals surface area (Å²) in [7, 11) is 1.95. The van der Waals surface area contributed by atoms with Crippen LogP contribution in [0.2, 0.25) is 0 Å². The third-order valence-corrected chi connectivity index (χ3v) is 4.37. The van der Waals surface area contributed by atoms with Crippen molar-refractivity contribution in [2.24, 2.45) is 0 Å². The summed E-state index contributed by atoms with van der Waals surface area (Å²) in [5.74, 6) is 0. The van der Waals surface area contributed by atoms with E-state index in [1.54, 1.807) is 0 Å². The summed E-state index contributed by atoms with van der Waals surface area (Å²) >= 11 is 0. The Labute approximate surface area is 169 Å². The van der Waals surface area contributed by atoms with Gasteiger partial charge in [0.15, 0.2) is 0 Å². The minimum atomic E-state index is 0.803. The molecule has 0 atom stereocenters. The lowest BCUT2D eigenvalue weighted by atomic mass is 10.1. The fourth-order valence-electron chi connectivity index (χ4n) is 2.76. The van der Waals surface area contributed by atoms with E-state index in [4.69, 9.17) is 0 Å². The van der Waals surface area contributed by atoms with Crippen molar-refractivity contribution in [3.05, 3.63) is 90.6 Å². The van der Waals surface area contributed by atoms with E-state index >= 15 is 0 Å². The molecule has 2 heterocycles. The minimum Gasteiger partial charge on any atom is -0.383 e. The molecule has 2 N–H and O–H groups in total. The summed E-state index contributed by atoms with van der Waals surface area (Å²) < 4.78 is 0. The predicted octanol–water partition coefficient (Wildman–Crippen LogP) is 4.32. The maximum atomic E-state index is 4.55. The Morgan fingerprint density at radius 3 is 2.68 bits per heavy atom. The van der Waals surface area contributed by atoms with E-state index in [0.717, 1.165) is 49.4 Å². The summed E-state index contributed by atoms with van der Waals surface area (Å²) in [6.07, 6.45) is 17.8. The number of pyridine rings is 2. The van der Waals surface area contributed by atoms with Crippen LogP contribution in [0.5, 0.6) is 0 Å². The van der Waals surface area contributed by atoms with Crippen LogP contribution < -0.4 is 10.6 Å². The molecule has 0 fully saturated rings. The van der Waals surface area contributed by atoms with Gasteiger partial charge < -0.3 is 10.6 Å². The molecule has 0 saturated carbocycles. The first-order chi connectivity index (χ1) is 13.8. The Morgan fingerprint density at radius 2 is 1.93 bits per heavy atom. The molecule has 28 heavy (non-hydrogen) atoms. The fraction of sp³-hybridized carbons (Fsp3) is 0.333. The van der Waals surface area contributed by atoms with E-state index in [1.165, 1.54) is 18.4 Å². The first-order valence-electron chi connectivity index (χ1n) is 10.0. The second-order valence-electron chi connectivity index (χ2n) is 6.69. The van der Waals surface area contributed by atoms with Gasteiger partial charge in [-0.05, 0) is 56.5 Å². The maximum absolute atomic E-state index is 4.55. The zero-order valence-electron chi connectivity index (χ0n) is 16.9. The van der Waals surface area contributed by atoms with Crippen LogP contribution in [0.25, 0.3) is 5.70 Å². The van der Waals surface area contributed by atoms with Crippen LogP contribution in [0, 0.1) is 0 Å². The molecule has 4 nitrogen and oxygen atoms in total. The lowest BCUT2D eigenvalue weighted by molar-refractivity contribution is 0.745. The lowest BCUT2D eigenvalue weighted by Crippen LogP contribution is -2.16. The molecule has 0 aliphatic heterocycles. The third-order valence-electron chi connectivity index (χ3n) is 4.37. The number of hydrogen-bond donors (Lipinski definition) is 2. The molecule has 0 bridgehead atoms. The molecule has 0 amide bonds. The van der Waals surface area contributed by atoms with E-state index in [2.05, 4.69) is 63.6 Å². The minimum absolute atomic E-state index is 0.803. The van der Waals surface area contributed by atoms with Crippen molar-refractivity contribution in [2.75, 3.05) is 20.1 Å². The van der Waals surface area contributed by atoms with Gasteiger partial charge in [0.05, 0.1) is 11.4 Å². The number of hydrogen-bond acceptors (Lipinski definition) is 4. The molecule has 0 saturated heterocycles. The molecule has 148 valence electrons. The number of rotatable bonds is 13. The molecule has 2 rings (SSSR count). The lowest BCUT2D eigenvalue weighted by Gasteiger charge is -2.09. The zero-order chi connectivity index (χ0) is 19.9. The predicted molar refractivity (Wildman–Crippen MR) is 119 cm³/mol. The summed E-state index contributed by atoms with van der Waals surface area (Å²) in [6, 6.07) is 10.2. The van der Waals surface area contributed by atoms with Crippen LogP contribution in [-0.2, 0) is 12.8 Å². The largest absolute Gasteiger partial charge is 0.383 e. The van der Waals surface area contributed by atoms with Gasteiger partial charge in [0.25, 0.3) is 0 Å². The highest BCUT2D eigenvalue weighted by atomic mass is 14.9. The third kappa shape index (κ3) is 8.78. The van der Waals surface area contributed by atoms with Gasteiger partial charge in [0, 0.05) is 37.6 Å². The summed E-state index contributed by atoms with van der Waals surface area (Å²) in [5, 5.41) is 6.42. The molecule has 0 aromatic carbocycles. The molecular weight excluding hydrogens is 344 g/mol. The van der Waals surface area contributed by atoms with Crippen LogP contribution in [0.4, 0.5) is 0 Å². The SMILES string of the molecule is C=C(NCCc1ccccn1)c1ccc(CCCC/C=C/C=C\CNC)cn1. The van der Waals surface area contributed by atoms with Crippen molar-refractivity contribution >= 4 is 5.70 Å². The van der Waals surface area contributed by atoms with E-state index < -0.39 is 0 Å². The molecular formula is C24H32N4. The second kappa shape index (κ2) is 13.4. The van der Waals surface area contributed by atoms with Crippen LogP contribution in [0.1, 0.15) is 36.2 Å². The van der Waals surface area contributed by atoms with E-state index in [1.807, 2.05) is 37.6 Å². The monoisotopic (exact) mass is 376 g/mol. The highest BCUT2D eigenvalue weighted by Crippen LogP contribution is 2.11. The number of likely N-dealkylation sites (N-methyl/N-ethyl adjacent to an activating group) is 1. The van der Waals surface area contributed by atoms with Gasteiger partial charge in [-0.3, -0.25) is 9.97 Å². The van der Waals surface area contributed by atoms with E-state index in [9.17, 15) is 0 Å². The van der Waals surface area contributed by atoms with Crippen molar-refractivity contribution < 1.29 is 0 Å². The smallest absolute Gasteiger partial charge is 0.0855 e. The quantitative estimate of drug-likeness (QED) is 0.404. The molecule has 0 spiro atoms. The Bertz CT molecular complexity index is 733. The highest BCUT2D eigenvalue weighted by molar-refractivity contribution is 5.57. The van der Waals surface area contributed by atoms with Gasteiger partial charge >= 0.3 is 0 Å². The van der Waals surface area contributed by atoms with Gasteiger partial charge in [-0.2, -0.15) is 0 Å². The summed E-state index contributed by atoms with van der Waals surface area (Å²) in [6.45, 7) is 5.82. The van der Waals surface area contributed by atoms with Gasteiger partial charge in [0.2, 0.25) is 0 Å². The zero-order valence-corrected chi connectivity index (χ0v) is 16.9. The van der Waals surface area contributed by atoms with Crippen LogP contribution >= 0.6 is 0 Å². The van der Waals surface area contributed by atoms with Crippen LogP contribution in [0.3, 0.4) is 0 Å². The normalized spacial score (nSPS) is 11.3. The Hall–Kier alpha value is -2.72. The Balaban J connectivity index is 1.63. The number of allylic oxidation sites excluding steroid dienone is 3. The molecule has 0 aliphatic carbocycles. The van der Waals surface area contributed by atoms with Crippen molar-refractivity contribution in [1.29, 1.82) is 0 Å². The summed E-state index contributed by atoms with van der Waals surface area (Å²) in [5.41, 5.74) is 4.12. The number of aryl methyl sites for hydroxylation is 1. The molecule has 2 aromatic heterocycles. The van der Waals surface area contributed by atoms with Crippen molar-refractivity contribution in [2.45, 2.75) is 32.1 Å². The highest BCUT2D eigenvalue weighted by Gasteiger charge is 2.01. The maximum Gasteiger partial charge on any atom is 0.0855 e. The molecule has 0 aliphatic rings. The van der Waals surface area contributed by atoms with Crippen molar-refractivity contribution in [1.82, 2.24) is 20.6 Å². The van der Waals surface area contributed by atoms with Gasteiger partial charge in [-0.1, -0.05) is 43.0 Å². The van der Waals surface area contributed by atoms with Crippen molar-refractivity contribution in [3.8, 4) is 0 Å². The molecule has 4 heteroatoms. The standard InChI is InChI=1S/C24H32N4/c1-21(26-19-16-23-13-9-11-18-27-23)24-15-14-22(20-28-24)12-8-6-4-3-5-7-10-17-25-2/h3,5,7,9-11,13-15,18,20,25-26H,1,4,6,8,12,16-17,19H2,2H3/b5-3+,10-7-. The average Bonchev–Trinajstić information content (AvgIpc) is 2.74. The van der Waals surface area contributed by atoms with Crippen LogP contribution in [0.15, 0.2) is 73.6 Å². The first-order valence-corrected chi connectivity index (χ1v) is 10.0. The topological polar surface area (TPSA) is 49.8 Å². The average molecular weight is 377 g/mol.